The van der Waals surface area contributed by atoms with Crippen LogP contribution in [0.2, 0.25) is 0 Å². The second-order valence-electron chi connectivity index (χ2n) is 2.54. The lowest BCUT2D eigenvalue weighted by molar-refractivity contribution is -0.120. The van der Waals surface area contributed by atoms with Crippen molar-refractivity contribution in [3.05, 3.63) is 34.3 Å². The average molecular weight is 246 g/mol. The predicted molar refractivity (Wildman–Crippen MR) is 52.0 cm³/mol. The summed E-state index contributed by atoms with van der Waals surface area (Å²) in [6, 6.07) is 7.33. The zero-order valence-electron chi connectivity index (χ0n) is 6.89. The molecule has 0 spiro atoms. The molecule has 0 bridgehead atoms. The van der Waals surface area contributed by atoms with Crippen LogP contribution in [-0.4, -0.2) is 12.7 Å². The van der Waals surface area contributed by atoms with Crippen LogP contribution >= 0.6 is 15.9 Å². The van der Waals surface area contributed by atoms with E-state index in [0.29, 0.717) is 0 Å². The molecule has 4 heteroatoms. The Morgan fingerprint density at radius 2 is 2.00 bits per heavy atom. The fraction of sp³-hybridized carbons (Fsp3) is 0.222. The van der Waals surface area contributed by atoms with Crippen LogP contribution in [0.15, 0.2) is 28.7 Å². The smallest absolute Gasteiger partial charge is 0.226 e. The summed E-state index contributed by atoms with van der Waals surface area (Å²) >= 11 is 3.28. The summed E-state index contributed by atoms with van der Waals surface area (Å²) in [5, 5.41) is 2.09. The van der Waals surface area contributed by atoms with Crippen LogP contribution in [0.1, 0.15) is 5.56 Å². The number of amides is 1. The second-order valence-corrected chi connectivity index (χ2v) is 3.45. The standard InChI is InChI=1S/C9H9BrFNO/c10-8-3-1-7(2-4-8)5-9(13)12-6-11/h1-4H,5-6H2,(H,12,13). The Morgan fingerprint density at radius 3 is 2.54 bits per heavy atom. The summed E-state index contributed by atoms with van der Waals surface area (Å²) < 4.78 is 12.6. The van der Waals surface area contributed by atoms with E-state index in [1.54, 1.807) is 0 Å². The Balaban J connectivity index is 2.54. The minimum absolute atomic E-state index is 0.219. The molecular weight excluding hydrogens is 237 g/mol. The lowest BCUT2D eigenvalue weighted by atomic mass is 10.1. The summed E-state index contributed by atoms with van der Waals surface area (Å²) in [4.78, 5) is 10.9. The molecule has 2 nitrogen and oxygen atoms in total. The highest BCUT2D eigenvalue weighted by atomic mass is 79.9. The number of rotatable bonds is 3. The monoisotopic (exact) mass is 245 g/mol. The average Bonchev–Trinajstić information content (AvgIpc) is 2.09. The van der Waals surface area contributed by atoms with Gasteiger partial charge in [0.2, 0.25) is 5.91 Å². The van der Waals surface area contributed by atoms with E-state index in [4.69, 9.17) is 0 Å². The molecule has 0 aromatic heterocycles. The number of hydrogen-bond donors (Lipinski definition) is 1. The first-order valence-corrected chi connectivity index (χ1v) is 4.59. The van der Waals surface area contributed by atoms with Crippen molar-refractivity contribution in [3.8, 4) is 0 Å². The highest BCUT2D eigenvalue weighted by molar-refractivity contribution is 9.10. The molecule has 0 fully saturated rings. The first kappa shape index (κ1) is 10.2. The van der Waals surface area contributed by atoms with Crippen molar-refractivity contribution in [2.24, 2.45) is 0 Å². The largest absolute Gasteiger partial charge is 0.329 e. The Kier molecular flexibility index (Phi) is 3.89. The number of benzene rings is 1. The van der Waals surface area contributed by atoms with Crippen molar-refractivity contribution in [2.75, 3.05) is 6.80 Å². The van der Waals surface area contributed by atoms with Gasteiger partial charge in [-0.3, -0.25) is 4.79 Å². The molecule has 1 aromatic rings. The van der Waals surface area contributed by atoms with Crippen molar-refractivity contribution < 1.29 is 9.18 Å². The van der Waals surface area contributed by atoms with Crippen LogP contribution < -0.4 is 5.32 Å². The normalized spacial score (nSPS) is 9.69. The Bertz CT molecular complexity index is 286. The van der Waals surface area contributed by atoms with Gasteiger partial charge in [0.15, 0.2) is 6.80 Å². The third-order valence-electron chi connectivity index (χ3n) is 1.54. The molecule has 1 rings (SSSR count). The summed E-state index contributed by atoms with van der Waals surface area (Å²) in [7, 11) is 0. The molecule has 0 heterocycles. The number of hydrogen-bond acceptors (Lipinski definition) is 1. The fourth-order valence-corrected chi connectivity index (χ4v) is 1.19. The van der Waals surface area contributed by atoms with Crippen LogP contribution in [0.4, 0.5) is 4.39 Å². The van der Waals surface area contributed by atoms with Gasteiger partial charge in [0.25, 0.3) is 0 Å². The molecule has 0 aliphatic rings. The van der Waals surface area contributed by atoms with E-state index in [9.17, 15) is 9.18 Å². The minimum Gasteiger partial charge on any atom is -0.329 e. The van der Waals surface area contributed by atoms with Gasteiger partial charge in [-0.2, -0.15) is 0 Å². The number of nitrogens with one attached hydrogen (secondary N) is 1. The van der Waals surface area contributed by atoms with Crippen molar-refractivity contribution in [1.29, 1.82) is 0 Å². The number of carbonyl (C=O) groups excluding carboxylic acids is 1. The van der Waals surface area contributed by atoms with Crippen molar-refractivity contribution >= 4 is 21.8 Å². The molecular formula is C9H9BrFNO. The molecule has 0 saturated carbocycles. The van der Waals surface area contributed by atoms with Gasteiger partial charge < -0.3 is 5.32 Å². The van der Waals surface area contributed by atoms with Crippen molar-refractivity contribution in [3.63, 3.8) is 0 Å². The highest BCUT2D eigenvalue weighted by Gasteiger charge is 2.01. The van der Waals surface area contributed by atoms with Gasteiger partial charge in [-0.05, 0) is 17.7 Å². The maximum atomic E-state index is 11.7. The SMILES string of the molecule is O=C(Cc1ccc(Br)cc1)NCF. The van der Waals surface area contributed by atoms with Gasteiger partial charge in [-0.1, -0.05) is 28.1 Å². The van der Waals surface area contributed by atoms with Crippen molar-refractivity contribution in [2.45, 2.75) is 6.42 Å². The van der Waals surface area contributed by atoms with Crippen LogP contribution in [0, 0.1) is 0 Å². The number of alkyl halides is 1. The fourth-order valence-electron chi connectivity index (χ4n) is 0.925. The van der Waals surface area contributed by atoms with E-state index < -0.39 is 6.80 Å². The summed E-state index contributed by atoms with van der Waals surface area (Å²) in [6.45, 7) is -0.810. The van der Waals surface area contributed by atoms with Gasteiger partial charge in [-0.25, -0.2) is 4.39 Å². The quantitative estimate of drug-likeness (QED) is 0.812. The highest BCUT2D eigenvalue weighted by Crippen LogP contribution is 2.10. The van der Waals surface area contributed by atoms with Gasteiger partial charge in [-0.15, -0.1) is 0 Å². The Labute approximate surface area is 84.3 Å². The number of carbonyl (C=O) groups is 1. The third-order valence-corrected chi connectivity index (χ3v) is 2.07. The van der Waals surface area contributed by atoms with E-state index in [0.717, 1.165) is 10.0 Å². The Hall–Kier alpha value is -0.900. The van der Waals surface area contributed by atoms with Gasteiger partial charge >= 0.3 is 0 Å². The Morgan fingerprint density at radius 1 is 1.38 bits per heavy atom. The molecule has 70 valence electrons. The van der Waals surface area contributed by atoms with E-state index in [-0.39, 0.29) is 12.3 Å². The molecule has 1 amide bonds. The molecule has 0 aliphatic heterocycles. The van der Waals surface area contributed by atoms with Crippen LogP contribution in [0.25, 0.3) is 0 Å². The summed E-state index contributed by atoms with van der Waals surface area (Å²) in [5.74, 6) is -0.301. The summed E-state index contributed by atoms with van der Waals surface area (Å²) in [6.07, 6.45) is 0.219. The maximum Gasteiger partial charge on any atom is 0.226 e. The van der Waals surface area contributed by atoms with Crippen LogP contribution in [0.3, 0.4) is 0 Å². The molecule has 0 saturated heterocycles. The van der Waals surface area contributed by atoms with Crippen LogP contribution in [0.5, 0.6) is 0 Å². The maximum absolute atomic E-state index is 11.7. The molecule has 0 radical (unpaired) electrons. The summed E-state index contributed by atoms with van der Waals surface area (Å²) in [5.41, 5.74) is 0.870. The van der Waals surface area contributed by atoms with E-state index in [1.165, 1.54) is 0 Å². The lowest BCUT2D eigenvalue weighted by Gasteiger charge is -2.00. The molecule has 1 aromatic carbocycles. The first-order valence-electron chi connectivity index (χ1n) is 3.79. The van der Waals surface area contributed by atoms with Gasteiger partial charge in [0.05, 0.1) is 6.42 Å². The minimum atomic E-state index is -0.810. The van der Waals surface area contributed by atoms with Crippen LogP contribution in [-0.2, 0) is 11.2 Å². The molecule has 0 atom stereocenters. The number of halogens is 2. The molecule has 1 N–H and O–H groups in total. The predicted octanol–water partition coefficient (Wildman–Crippen LogP) is 2.03. The van der Waals surface area contributed by atoms with Crippen molar-refractivity contribution in [1.82, 2.24) is 5.32 Å². The van der Waals surface area contributed by atoms with E-state index >= 15 is 0 Å². The lowest BCUT2D eigenvalue weighted by Crippen LogP contribution is -2.23. The molecule has 0 unspecified atom stereocenters. The van der Waals surface area contributed by atoms with Gasteiger partial charge in [0, 0.05) is 4.47 Å². The van der Waals surface area contributed by atoms with Gasteiger partial charge in [0.1, 0.15) is 0 Å². The molecule has 0 aliphatic carbocycles. The second kappa shape index (κ2) is 4.97. The first-order chi connectivity index (χ1) is 6.22. The zero-order chi connectivity index (χ0) is 9.68. The van der Waals surface area contributed by atoms with E-state index in [1.807, 2.05) is 24.3 Å². The molecule has 13 heavy (non-hydrogen) atoms. The third kappa shape index (κ3) is 3.55. The topological polar surface area (TPSA) is 29.1 Å². The zero-order valence-corrected chi connectivity index (χ0v) is 8.47. The van der Waals surface area contributed by atoms with E-state index in [2.05, 4.69) is 21.2 Å².